The topological polar surface area (TPSA) is 37.8 Å². The summed E-state index contributed by atoms with van der Waals surface area (Å²) in [4.78, 5) is 8.41. The summed E-state index contributed by atoms with van der Waals surface area (Å²) < 4.78 is 2.30. The molecule has 0 atom stereocenters. The summed E-state index contributed by atoms with van der Waals surface area (Å²) in [6.07, 6.45) is 1.78. The van der Waals surface area contributed by atoms with E-state index in [0.717, 1.165) is 21.7 Å². The van der Waals surface area contributed by atoms with Crippen molar-refractivity contribution in [2.45, 2.75) is 13.5 Å². The lowest BCUT2D eigenvalue weighted by Crippen LogP contribution is -2.03. The highest BCUT2D eigenvalue weighted by Gasteiger charge is 1.99. The van der Waals surface area contributed by atoms with E-state index in [0.29, 0.717) is 6.54 Å². The van der Waals surface area contributed by atoms with Crippen LogP contribution in [0.2, 0.25) is 0 Å². The Bertz CT molecular complexity index is 531. The maximum Gasteiger partial charge on any atom is 0.125 e. The molecule has 2 aromatic rings. The highest BCUT2D eigenvalue weighted by molar-refractivity contribution is 14.1. The molecular formula is C12H11BrIN3. The van der Waals surface area contributed by atoms with Gasteiger partial charge in [-0.2, -0.15) is 0 Å². The Kier molecular flexibility index (Phi) is 4.33. The third-order valence-electron chi connectivity index (χ3n) is 2.23. The van der Waals surface area contributed by atoms with E-state index in [1.54, 1.807) is 6.20 Å². The second-order valence-corrected chi connectivity index (χ2v) is 5.59. The van der Waals surface area contributed by atoms with Gasteiger partial charge in [0.05, 0.1) is 12.2 Å². The maximum atomic E-state index is 4.34. The molecular weight excluding hydrogens is 393 g/mol. The van der Waals surface area contributed by atoms with Crippen LogP contribution in [0.5, 0.6) is 0 Å². The highest BCUT2D eigenvalue weighted by Crippen LogP contribution is 2.23. The van der Waals surface area contributed by atoms with Gasteiger partial charge in [-0.3, -0.25) is 0 Å². The molecule has 5 heteroatoms. The van der Waals surface area contributed by atoms with Crippen molar-refractivity contribution >= 4 is 44.2 Å². The van der Waals surface area contributed by atoms with Crippen molar-refractivity contribution < 1.29 is 0 Å². The second kappa shape index (κ2) is 5.77. The molecule has 3 nitrogen and oxygen atoms in total. The van der Waals surface area contributed by atoms with Gasteiger partial charge in [0.15, 0.2) is 0 Å². The third kappa shape index (κ3) is 3.64. The summed E-state index contributed by atoms with van der Waals surface area (Å²) in [6, 6.07) is 8.11. The van der Waals surface area contributed by atoms with Gasteiger partial charge in [0.1, 0.15) is 5.82 Å². The van der Waals surface area contributed by atoms with Gasteiger partial charge in [-0.1, -0.05) is 0 Å². The summed E-state index contributed by atoms with van der Waals surface area (Å²) in [7, 11) is 0. The minimum Gasteiger partial charge on any atom is -0.379 e. The van der Waals surface area contributed by atoms with Gasteiger partial charge in [-0.25, -0.2) is 9.97 Å². The average Bonchev–Trinajstić information content (AvgIpc) is 2.31. The number of benzene rings is 1. The Morgan fingerprint density at radius 2 is 2.18 bits per heavy atom. The molecule has 0 bridgehead atoms. The van der Waals surface area contributed by atoms with Gasteiger partial charge in [0.2, 0.25) is 0 Å². The molecule has 1 aromatic heterocycles. The van der Waals surface area contributed by atoms with Gasteiger partial charge in [-0.05, 0) is 69.7 Å². The molecule has 0 saturated heterocycles. The molecule has 0 amide bonds. The molecule has 1 heterocycles. The molecule has 1 aromatic carbocycles. The van der Waals surface area contributed by atoms with Crippen molar-refractivity contribution in [1.82, 2.24) is 9.97 Å². The van der Waals surface area contributed by atoms with Crippen molar-refractivity contribution in [1.29, 1.82) is 0 Å². The summed E-state index contributed by atoms with van der Waals surface area (Å²) in [5.74, 6) is 0.799. The molecule has 0 fully saturated rings. The van der Waals surface area contributed by atoms with E-state index in [1.165, 1.54) is 3.57 Å². The minimum absolute atomic E-state index is 0.705. The molecule has 0 aliphatic carbocycles. The maximum absolute atomic E-state index is 4.34. The smallest absolute Gasteiger partial charge is 0.125 e. The summed E-state index contributed by atoms with van der Waals surface area (Å²) in [6.45, 7) is 2.60. The normalized spacial score (nSPS) is 10.3. The molecule has 17 heavy (non-hydrogen) atoms. The van der Waals surface area contributed by atoms with Crippen LogP contribution < -0.4 is 5.32 Å². The van der Waals surface area contributed by atoms with Crippen LogP contribution in [0.4, 0.5) is 5.69 Å². The van der Waals surface area contributed by atoms with Crippen LogP contribution in [0, 0.1) is 10.5 Å². The monoisotopic (exact) mass is 403 g/mol. The van der Waals surface area contributed by atoms with E-state index in [-0.39, 0.29) is 0 Å². The number of halogens is 2. The first-order valence-corrected chi connectivity index (χ1v) is 7.00. The molecule has 0 spiro atoms. The van der Waals surface area contributed by atoms with E-state index < -0.39 is 0 Å². The first kappa shape index (κ1) is 12.8. The Morgan fingerprint density at radius 3 is 2.88 bits per heavy atom. The zero-order valence-electron chi connectivity index (χ0n) is 9.24. The van der Waals surface area contributed by atoms with Gasteiger partial charge < -0.3 is 5.32 Å². The Balaban J connectivity index is 2.05. The number of anilines is 1. The van der Waals surface area contributed by atoms with Crippen molar-refractivity contribution in [2.24, 2.45) is 0 Å². The van der Waals surface area contributed by atoms with Crippen molar-refractivity contribution in [2.75, 3.05) is 5.32 Å². The number of hydrogen-bond donors (Lipinski definition) is 1. The molecule has 1 N–H and O–H groups in total. The zero-order valence-corrected chi connectivity index (χ0v) is 13.0. The standard InChI is InChI=1S/C12H11BrIN3/c1-8-15-5-4-10(17-8)7-16-9-2-3-12(14)11(13)6-9/h2-6,16H,7H2,1H3. The molecule has 2 rings (SSSR count). The van der Waals surface area contributed by atoms with E-state index in [9.17, 15) is 0 Å². The quantitative estimate of drug-likeness (QED) is 0.793. The van der Waals surface area contributed by atoms with Crippen molar-refractivity contribution in [3.63, 3.8) is 0 Å². The molecule has 0 radical (unpaired) electrons. The van der Waals surface area contributed by atoms with Crippen LogP contribution >= 0.6 is 38.5 Å². The SMILES string of the molecule is Cc1nccc(CNc2ccc(I)c(Br)c2)n1. The third-order valence-corrected chi connectivity index (χ3v) is 4.56. The lowest BCUT2D eigenvalue weighted by Gasteiger charge is -2.07. The van der Waals surface area contributed by atoms with Crippen molar-refractivity contribution in [3.8, 4) is 0 Å². The fourth-order valence-electron chi connectivity index (χ4n) is 1.40. The lowest BCUT2D eigenvalue weighted by molar-refractivity contribution is 0.955. The fourth-order valence-corrected chi connectivity index (χ4v) is 2.12. The van der Waals surface area contributed by atoms with Gasteiger partial charge in [-0.15, -0.1) is 0 Å². The predicted molar refractivity (Wildman–Crippen MR) is 81.0 cm³/mol. The number of nitrogens with zero attached hydrogens (tertiary/aromatic N) is 2. The Hall–Kier alpha value is -0.690. The Labute approximate surface area is 122 Å². The average molecular weight is 404 g/mol. The van der Waals surface area contributed by atoms with E-state index in [1.807, 2.05) is 13.0 Å². The van der Waals surface area contributed by atoms with E-state index in [2.05, 4.69) is 72.0 Å². The number of aromatic nitrogens is 2. The molecule has 0 saturated carbocycles. The molecule has 0 aliphatic rings. The van der Waals surface area contributed by atoms with Gasteiger partial charge >= 0.3 is 0 Å². The second-order valence-electron chi connectivity index (χ2n) is 3.58. The molecule has 0 unspecified atom stereocenters. The molecule has 0 aliphatic heterocycles. The largest absolute Gasteiger partial charge is 0.379 e. The van der Waals surface area contributed by atoms with Crippen LogP contribution in [0.3, 0.4) is 0 Å². The van der Waals surface area contributed by atoms with E-state index in [4.69, 9.17) is 0 Å². The summed E-state index contributed by atoms with van der Waals surface area (Å²) in [5.41, 5.74) is 2.07. The Morgan fingerprint density at radius 1 is 1.35 bits per heavy atom. The summed E-state index contributed by atoms with van der Waals surface area (Å²) >= 11 is 5.80. The lowest BCUT2D eigenvalue weighted by atomic mass is 10.3. The number of nitrogens with one attached hydrogen (secondary N) is 1. The first-order chi connectivity index (χ1) is 8.15. The zero-order chi connectivity index (χ0) is 12.3. The molecule has 88 valence electrons. The number of rotatable bonds is 3. The van der Waals surface area contributed by atoms with Crippen LogP contribution in [-0.2, 0) is 6.54 Å². The van der Waals surface area contributed by atoms with Crippen LogP contribution in [0.15, 0.2) is 34.9 Å². The first-order valence-electron chi connectivity index (χ1n) is 5.12. The van der Waals surface area contributed by atoms with Crippen LogP contribution in [0.25, 0.3) is 0 Å². The van der Waals surface area contributed by atoms with Crippen LogP contribution in [0.1, 0.15) is 11.5 Å². The highest BCUT2D eigenvalue weighted by atomic mass is 127. The van der Waals surface area contributed by atoms with E-state index >= 15 is 0 Å². The fraction of sp³-hybridized carbons (Fsp3) is 0.167. The van der Waals surface area contributed by atoms with Gasteiger partial charge in [0.25, 0.3) is 0 Å². The number of hydrogen-bond acceptors (Lipinski definition) is 3. The van der Waals surface area contributed by atoms with Crippen LogP contribution in [-0.4, -0.2) is 9.97 Å². The minimum atomic E-state index is 0.705. The predicted octanol–water partition coefficient (Wildman–Crippen LogP) is 3.76. The van der Waals surface area contributed by atoms with Crippen molar-refractivity contribution in [3.05, 3.63) is 50.0 Å². The van der Waals surface area contributed by atoms with Gasteiger partial charge in [0, 0.05) is 19.9 Å². The number of aryl methyl sites for hydroxylation is 1. The summed E-state index contributed by atoms with van der Waals surface area (Å²) in [5, 5.41) is 3.33.